The fourth-order valence-corrected chi connectivity index (χ4v) is 8.87. The Bertz CT molecular complexity index is 1750. The molecular weight excluding hydrogens is 615 g/mol. The van der Waals surface area contributed by atoms with E-state index in [0.29, 0.717) is 30.8 Å². The molecule has 3 aliphatic rings. The van der Waals surface area contributed by atoms with Crippen LogP contribution in [0, 0.1) is 23.1 Å². The summed E-state index contributed by atoms with van der Waals surface area (Å²) in [6.07, 6.45) is 4.97. The van der Waals surface area contributed by atoms with E-state index in [1.807, 2.05) is 24.3 Å². The van der Waals surface area contributed by atoms with Gasteiger partial charge in [-0.25, -0.2) is 4.39 Å². The molecule has 0 saturated heterocycles. The molecule has 0 aliphatic heterocycles. The van der Waals surface area contributed by atoms with Crippen LogP contribution in [-0.4, -0.2) is 43.7 Å². The Hall–Kier alpha value is -4.20. The first kappa shape index (κ1) is 33.3. The summed E-state index contributed by atoms with van der Waals surface area (Å²) in [7, 11) is 3.61. The highest BCUT2D eigenvalue weighted by molar-refractivity contribution is 5.92. The maximum Gasteiger partial charge on any atom is 0.238 e. The normalized spacial score (nSPS) is 25.6. The number of rotatable bonds is 11. The first-order valence-corrected chi connectivity index (χ1v) is 17.6. The molecule has 49 heavy (non-hydrogen) atoms. The van der Waals surface area contributed by atoms with Crippen LogP contribution in [0.5, 0.6) is 11.5 Å². The van der Waals surface area contributed by atoms with Crippen molar-refractivity contribution >= 4 is 11.6 Å². The fourth-order valence-electron chi connectivity index (χ4n) is 8.87. The quantitative estimate of drug-likeness (QED) is 0.175. The van der Waals surface area contributed by atoms with Crippen molar-refractivity contribution in [2.75, 3.05) is 26.0 Å². The van der Waals surface area contributed by atoms with Gasteiger partial charge in [0.25, 0.3) is 0 Å². The molecule has 7 heteroatoms. The molecule has 2 fully saturated rings. The van der Waals surface area contributed by atoms with Crippen molar-refractivity contribution in [2.45, 2.75) is 70.4 Å². The highest BCUT2D eigenvalue weighted by Gasteiger charge is 2.59. The molecule has 0 unspecified atom stereocenters. The number of amides is 1. The van der Waals surface area contributed by atoms with E-state index in [1.54, 1.807) is 31.1 Å². The summed E-state index contributed by atoms with van der Waals surface area (Å²) in [6, 6.07) is 32.0. The molecule has 0 bridgehead atoms. The van der Waals surface area contributed by atoms with Crippen LogP contribution in [0.15, 0.2) is 97.1 Å². The Labute approximate surface area is 289 Å². The summed E-state index contributed by atoms with van der Waals surface area (Å²) in [5.74, 6) is 1.68. The fraction of sp³-hybridized carbons (Fsp3) is 0.405. The van der Waals surface area contributed by atoms with Gasteiger partial charge in [0.05, 0.1) is 24.9 Å². The Morgan fingerprint density at radius 1 is 0.878 bits per heavy atom. The molecule has 4 aromatic carbocycles. The summed E-state index contributed by atoms with van der Waals surface area (Å²) in [4.78, 5) is 14.1. The molecule has 0 spiro atoms. The molecule has 3 aliphatic carbocycles. The molecule has 0 radical (unpaired) electrons. The summed E-state index contributed by atoms with van der Waals surface area (Å²) in [6.45, 7) is 3.69. The van der Waals surface area contributed by atoms with Gasteiger partial charge in [-0.15, -0.1) is 0 Å². The number of fused-ring (bicyclic) bond motifs is 5. The average Bonchev–Trinajstić information content (AvgIpc) is 3.43. The van der Waals surface area contributed by atoms with Crippen LogP contribution in [0.4, 0.5) is 10.1 Å². The zero-order chi connectivity index (χ0) is 34.0. The van der Waals surface area contributed by atoms with E-state index < -0.39 is 5.82 Å². The highest BCUT2D eigenvalue weighted by Crippen LogP contribution is 2.62. The lowest BCUT2D eigenvalue weighted by molar-refractivity contribution is -0.116. The van der Waals surface area contributed by atoms with Crippen molar-refractivity contribution in [1.82, 2.24) is 4.90 Å². The van der Waals surface area contributed by atoms with E-state index in [-0.39, 0.29) is 41.7 Å². The van der Waals surface area contributed by atoms with E-state index in [1.165, 1.54) is 22.8 Å². The molecule has 4 aromatic rings. The zero-order valence-corrected chi connectivity index (χ0v) is 28.7. The third-order valence-corrected chi connectivity index (χ3v) is 11.1. The SMILES string of the molecule is CN(C)CC(=O)Nc1ccc(O[C@H]2C[C@]3(C)[C@@H](OCc4ccccc4)CC[C@H]3[C@@H]3CCc4cc(OCc5ccccc5)ccc4[C@H]32)cc1F. The van der Waals surface area contributed by atoms with E-state index in [4.69, 9.17) is 14.2 Å². The molecule has 6 atom stereocenters. The second-order valence-electron chi connectivity index (χ2n) is 14.6. The number of carbonyl (C=O) groups is 1. The summed E-state index contributed by atoms with van der Waals surface area (Å²) < 4.78 is 35.2. The van der Waals surface area contributed by atoms with E-state index in [9.17, 15) is 4.79 Å². The Morgan fingerprint density at radius 3 is 2.31 bits per heavy atom. The number of ether oxygens (including phenoxy) is 3. The first-order chi connectivity index (χ1) is 23.8. The lowest BCUT2D eigenvalue weighted by Gasteiger charge is -2.53. The van der Waals surface area contributed by atoms with Crippen LogP contribution in [0.2, 0.25) is 0 Å². The van der Waals surface area contributed by atoms with Crippen molar-refractivity contribution in [3.05, 3.63) is 125 Å². The number of carbonyl (C=O) groups excluding carboxylic acids is 1. The predicted molar refractivity (Wildman–Crippen MR) is 190 cm³/mol. The van der Waals surface area contributed by atoms with Gasteiger partial charge in [0.2, 0.25) is 5.91 Å². The number of hydrogen-bond donors (Lipinski definition) is 1. The molecule has 6 nitrogen and oxygen atoms in total. The van der Waals surface area contributed by atoms with E-state index in [2.05, 4.69) is 66.8 Å². The second-order valence-corrected chi connectivity index (χ2v) is 14.6. The summed E-state index contributed by atoms with van der Waals surface area (Å²) in [5, 5.41) is 2.69. The van der Waals surface area contributed by atoms with Crippen LogP contribution in [-0.2, 0) is 29.2 Å². The van der Waals surface area contributed by atoms with Gasteiger partial charge < -0.3 is 24.4 Å². The minimum Gasteiger partial charge on any atom is -0.490 e. The molecule has 7 rings (SSSR count). The van der Waals surface area contributed by atoms with Gasteiger partial charge in [-0.2, -0.15) is 0 Å². The Kier molecular flexibility index (Phi) is 9.75. The van der Waals surface area contributed by atoms with Gasteiger partial charge in [0, 0.05) is 17.4 Å². The maximum atomic E-state index is 15.4. The second kappa shape index (κ2) is 14.3. The van der Waals surface area contributed by atoms with Crippen molar-refractivity contribution in [2.24, 2.45) is 17.3 Å². The molecule has 2 saturated carbocycles. The number of benzene rings is 4. The molecule has 0 heterocycles. The molecule has 0 aromatic heterocycles. The van der Waals surface area contributed by atoms with Gasteiger partial charge in [-0.3, -0.25) is 4.79 Å². The number of aryl methyl sites for hydroxylation is 1. The van der Waals surface area contributed by atoms with Crippen molar-refractivity contribution in [3.63, 3.8) is 0 Å². The van der Waals surface area contributed by atoms with Gasteiger partial charge in [0.1, 0.15) is 30.0 Å². The van der Waals surface area contributed by atoms with Gasteiger partial charge in [-0.1, -0.05) is 73.7 Å². The topological polar surface area (TPSA) is 60.0 Å². The van der Waals surface area contributed by atoms with Crippen LogP contribution in [0.25, 0.3) is 0 Å². The maximum absolute atomic E-state index is 15.4. The minimum atomic E-state index is -0.504. The predicted octanol–water partition coefficient (Wildman–Crippen LogP) is 8.40. The van der Waals surface area contributed by atoms with Crippen LogP contribution in [0.3, 0.4) is 0 Å². The van der Waals surface area contributed by atoms with Gasteiger partial charge >= 0.3 is 0 Å². The summed E-state index contributed by atoms with van der Waals surface area (Å²) in [5.41, 5.74) is 5.03. The summed E-state index contributed by atoms with van der Waals surface area (Å²) >= 11 is 0. The first-order valence-electron chi connectivity index (χ1n) is 17.6. The minimum absolute atomic E-state index is 0.0739. The standard InChI is InChI=1S/C42H47FN2O4/c1-42-24-38(49-32-16-20-37(36(43)23-32)44-40(46)25-45(2)3)41-33-18-15-31(47-26-28-10-6-4-7-11-28)22-30(33)14-17-34(41)35(42)19-21-39(42)48-27-29-12-8-5-9-13-29/h4-13,15-16,18,20,22-23,34-35,38-39,41H,14,17,19,21,24-27H2,1-3H3,(H,44,46)/t34-,35-,38-,39-,41+,42-/m0/s1. The van der Waals surface area contributed by atoms with E-state index in [0.717, 1.165) is 43.4 Å². The third kappa shape index (κ3) is 7.24. The molecular formula is C42H47FN2O4. The number of likely N-dealkylation sites (N-methyl/N-ethyl adjacent to an activating group) is 1. The number of hydrogen-bond acceptors (Lipinski definition) is 5. The highest BCUT2D eigenvalue weighted by atomic mass is 19.1. The van der Waals surface area contributed by atoms with Gasteiger partial charge in [-0.05, 0) is 105 Å². The number of nitrogens with one attached hydrogen (secondary N) is 1. The number of nitrogens with zero attached hydrogens (tertiary/aromatic N) is 1. The Balaban J connectivity index is 1.16. The molecule has 1 N–H and O–H groups in total. The largest absolute Gasteiger partial charge is 0.490 e. The average molecular weight is 663 g/mol. The third-order valence-electron chi connectivity index (χ3n) is 11.1. The van der Waals surface area contributed by atoms with E-state index >= 15 is 4.39 Å². The monoisotopic (exact) mass is 662 g/mol. The lowest BCUT2D eigenvalue weighted by Crippen LogP contribution is -2.52. The zero-order valence-electron chi connectivity index (χ0n) is 28.7. The number of anilines is 1. The van der Waals surface area contributed by atoms with Gasteiger partial charge in [0.15, 0.2) is 0 Å². The number of halogens is 1. The molecule has 1 amide bonds. The van der Waals surface area contributed by atoms with Crippen molar-refractivity contribution in [1.29, 1.82) is 0 Å². The van der Waals surface area contributed by atoms with Crippen molar-refractivity contribution in [3.8, 4) is 11.5 Å². The smallest absolute Gasteiger partial charge is 0.238 e. The van der Waals surface area contributed by atoms with Crippen LogP contribution in [0.1, 0.15) is 60.8 Å². The van der Waals surface area contributed by atoms with Crippen molar-refractivity contribution < 1.29 is 23.4 Å². The molecule has 256 valence electrons. The van der Waals surface area contributed by atoms with Crippen LogP contribution < -0.4 is 14.8 Å². The van der Waals surface area contributed by atoms with Crippen LogP contribution >= 0.6 is 0 Å². The lowest BCUT2D eigenvalue weighted by atomic mass is 9.54. The Morgan fingerprint density at radius 2 is 1.59 bits per heavy atom.